The Kier molecular flexibility index (Phi) is 5.61. The van der Waals surface area contributed by atoms with Crippen molar-refractivity contribution in [1.82, 2.24) is 9.55 Å². The molecular formula is C44H31N2OP. The standard InChI is InChI=1S/C44H31N2OP/c1-44(2)38-24-29(28-20-22-45-23-21-28)16-18-32(38)33-19-17-30(25-39(33)44)46-40-14-8-6-12-34(40)36-27-43-37(26-41(36)46)35-13-7-9-15-42(35)48(43,47)31-10-4-3-5-11-31/h3-27H,1-2H3. The molecule has 3 heterocycles. The van der Waals surface area contributed by atoms with Gasteiger partial charge in [-0.3, -0.25) is 4.98 Å². The molecule has 228 valence electrons. The number of rotatable bonds is 3. The molecule has 0 fully saturated rings. The molecule has 1 aliphatic heterocycles. The van der Waals surface area contributed by atoms with E-state index >= 15 is 4.57 Å². The second-order valence-corrected chi connectivity index (χ2v) is 16.3. The highest BCUT2D eigenvalue weighted by atomic mass is 31.2. The van der Waals surface area contributed by atoms with Gasteiger partial charge in [-0.25, -0.2) is 0 Å². The summed E-state index contributed by atoms with van der Waals surface area (Å²) in [6.07, 6.45) is 3.71. The smallest absolute Gasteiger partial charge is 0.172 e. The summed E-state index contributed by atoms with van der Waals surface area (Å²) in [5, 5.41) is 5.03. The quantitative estimate of drug-likeness (QED) is 0.181. The van der Waals surface area contributed by atoms with Crippen LogP contribution in [-0.2, 0) is 9.98 Å². The highest BCUT2D eigenvalue weighted by molar-refractivity contribution is 7.86. The summed E-state index contributed by atoms with van der Waals surface area (Å²) < 4.78 is 17.7. The molecule has 0 spiro atoms. The lowest BCUT2D eigenvalue weighted by Crippen LogP contribution is -2.20. The molecule has 0 N–H and O–H groups in total. The minimum atomic E-state index is -3.05. The van der Waals surface area contributed by atoms with E-state index in [0.29, 0.717) is 0 Å². The van der Waals surface area contributed by atoms with E-state index in [0.717, 1.165) is 54.5 Å². The number of hydrogen-bond donors (Lipinski definition) is 0. The number of fused-ring (bicyclic) bond motifs is 9. The minimum Gasteiger partial charge on any atom is -0.309 e. The average molecular weight is 635 g/mol. The van der Waals surface area contributed by atoms with Crippen molar-refractivity contribution in [3.8, 4) is 39.1 Å². The lowest BCUT2D eigenvalue weighted by Gasteiger charge is -2.23. The number of aromatic nitrogens is 2. The molecule has 0 saturated heterocycles. The number of hydrogen-bond acceptors (Lipinski definition) is 2. The van der Waals surface area contributed by atoms with Crippen molar-refractivity contribution < 1.29 is 4.57 Å². The zero-order chi connectivity index (χ0) is 32.2. The number of para-hydroxylation sites is 1. The second-order valence-electron chi connectivity index (χ2n) is 13.6. The summed E-state index contributed by atoms with van der Waals surface area (Å²) >= 11 is 0. The van der Waals surface area contributed by atoms with Crippen LogP contribution in [0.3, 0.4) is 0 Å². The molecule has 0 saturated carbocycles. The fourth-order valence-electron chi connectivity index (χ4n) is 8.37. The summed E-state index contributed by atoms with van der Waals surface area (Å²) in [6.45, 7) is 4.68. The van der Waals surface area contributed by atoms with Gasteiger partial charge >= 0.3 is 0 Å². The van der Waals surface area contributed by atoms with Gasteiger partial charge in [0.15, 0.2) is 7.14 Å². The minimum absolute atomic E-state index is 0.176. The van der Waals surface area contributed by atoms with Crippen LogP contribution in [0.4, 0.5) is 0 Å². The monoisotopic (exact) mass is 634 g/mol. The molecule has 6 aromatic carbocycles. The van der Waals surface area contributed by atoms with E-state index in [1.54, 1.807) is 0 Å². The highest BCUT2D eigenvalue weighted by Crippen LogP contribution is 2.54. The molecule has 1 unspecified atom stereocenters. The van der Waals surface area contributed by atoms with Crippen LogP contribution in [0, 0.1) is 0 Å². The average Bonchev–Trinajstić information content (AvgIpc) is 3.69. The van der Waals surface area contributed by atoms with Crippen LogP contribution in [0.2, 0.25) is 0 Å². The van der Waals surface area contributed by atoms with E-state index < -0.39 is 7.14 Å². The molecule has 4 heteroatoms. The van der Waals surface area contributed by atoms with Gasteiger partial charge in [0.2, 0.25) is 0 Å². The maximum Gasteiger partial charge on any atom is 0.172 e. The maximum atomic E-state index is 15.3. The molecule has 8 aromatic rings. The van der Waals surface area contributed by atoms with E-state index in [1.807, 2.05) is 48.8 Å². The molecule has 0 bridgehead atoms. The summed E-state index contributed by atoms with van der Waals surface area (Å²) in [5.41, 5.74) is 13.0. The summed E-state index contributed by atoms with van der Waals surface area (Å²) in [7, 11) is -3.05. The first-order chi connectivity index (χ1) is 23.4. The van der Waals surface area contributed by atoms with Gasteiger partial charge in [0.25, 0.3) is 0 Å². The summed E-state index contributed by atoms with van der Waals surface area (Å²) in [5.74, 6) is 0. The Balaban J connectivity index is 1.20. The molecule has 1 aliphatic carbocycles. The van der Waals surface area contributed by atoms with Crippen LogP contribution in [0.5, 0.6) is 0 Å². The Morgan fingerprint density at radius 2 is 1.25 bits per heavy atom. The van der Waals surface area contributed by atoms with Crippen LogP contribution in [0.15, 0.2) is 152 Å². The first-order valence-electron chi connectivity index (χ1n) is 16.5. The van der Waals surface area contributed by atoms with Crippen LogP contribution < -0.4 is 15.9 Å². The lowest BCUT2D eigenvalue weighted by molar-refractivity contribution is 0.593. The largest absolute Gasteiger partial charge is 0.309 e. The van der Waals surface area contributed by atoms with Gasteiger partial charge in [0.05, 0.1) is 11.0 Å². The van der Waals surface area contributed by atoms with Crippen molar-refractivity contribution in [3.63, 3.8) is 0 Å². The fraction of sp³-hybridized carbons (Fsp3) is 0.0682. The molecule has 0 radical (unpaired) electrons. The Morgan fingerprint density at radius 1 is 0.542 bits per heavy atom. The first kappa shape index (κ1) is 27.6. The predicted octanol–water partition coefficient (Wildman–Crippen LogP) is 9.77. The normalized spacial score (nSPS) is 16.9. The molecule has 3 nitrogen and oxygen atoms in total. The summed E-state index contributed by atoms with van der Waals surface area (Å²) in [4.78, 5) is 4.22. The van der Waals surface area contributed by atoms with E-state index in [1.165, 1.54) is 33.4 Å². The van der Waals surface area contributed by atoms with Gasteiger partial charge in [0, 0.05) is 50.2 Å². The van der Waals surface area contributed by atoms with Gasteiger partial charge < -0.3 is 9.13 Å². The first-order valence-corrected chi connectivity index (χ1v) is 18.2. The Labute approximate surface area is 279 Å². The SMILES string of the molecule is CC1(C)c2cc(-c3ccncc3)ccc2-c2ccc(-n3c4ccccc4c4cc5c(cc43)-c3ccccc3P5(=O)c3ccccc3)cc21. The molecule has 48 heavy (non-hydrogen) atoms. The topological polar surface area (TPSA) is 34.9 Å². The number of pyridine rings is 1. The highest BCUT2D eigenvalue weighted by Gasteiger charge is 2.41. The van der Waals surface area contributed by atoms with Crippen molar-refractivity contribution in [2.45, 2.75) is 19.3 Å². The molecule has 1 atom stereocenters. The van der Waals surface area contributed by atoms with E-state index in [4.69, 9.17) is 0 Å². The Hall–Kier alpha value is -5.50. The van der Waals surface area contributed by atoms with Crippen molar-refractivity contribution in [1.29, 1.82) is 0 Å². The van der Waals surface area contributed by atoms with Gasteiger partial charge in [-0.2, -0.15) is 0 Å². The third-order valence-electron chi connectivity index (χ3n) is 10.7. The van der Waals surface area contributed by atoms with Crippen LogP contribution in [0.25, 0.3) is 60.9 Å². The molecule has 2 aliphatic rings. The van der Waals surface area contributed by atoms with E-state index in [9.17, 15) is 0 Å². The van der Waals surface area contributed by atoms with Gasteiger partial charge in [-0.1, -0.05) is 105 Å². The van der Waals surface area contributed by atoms with Gasteiger partial charge in [-0.15, -0.1) is 0 Å². The van der Waals surface area contributed by atoms with Crippen molar-refractivity contribution in [3.05, 3.63) is 163 Å². The lowest BCUT2D eigenvalue weighted by atomic mass is 9.81. The zero-order valence-corrected chi connectivity index (χ0v) is 27.6. The van der Waals surface area contributed by atoms with Crippen LogP contribution >= 0.6 is 7.14 Å². The fourth-order valence-corrected chi connectivity index (χ4v) is 11.4. The zero-order valence-electron chi connectivity index (χ0n) is 26.7. The van der Waals surface area contributed by atoms with E-state index in [-0.39, 0.29) is 5.41 Å². The number of nitrogens with zero attached hydrogens (tertiary/aromatic N) is 2. The van der Waals surface area contributed by atoms with Gasteiger partial charge in [-0.05, 0) is 93.0 Å². The molecule has 2 aromatic heterocycles. The Morgan fingerprint density at radius 3 is 2.08 bits per heavy atom. The van der Waals surface area contributed by atoms with Crippen molar-refractivity contribution in [2.24, 2.45) is 0 Å². The predicted molar refractivity (Wildman–Crippen MR) is 200 cm³/mol. The van der Waals surface area contributed by atoms with Crippen molar-refractivity contribution in [2.75, 3.05) is 0 Å². The van der Waals surface area contributed by atoms with Crippen LogP contribution in [-0.4, -0.2) is 9.55 Å². The third-order valence-corrected chi connectivity index (χ3v) is 13.9. The second kappa shape index (κ2) is 9.76. The molecular weight excluding hydrogens is 603 g/mol. The van der Waals surface area contributed by atoms with Gasteiger partial charge in [0.1, 0.15) is 0 Å². The maximum absolute atomic E-state index is 15.3. The summed E-state index contributed by atoms with van der Waals surface area (Å²) in [6, 6.07) is 49.4. The molecule has 10 rings (SSSR count). The number of benzene rings is 6. The van der Waals surface area contributed by atoms with E-state index in [2.05, 4.69) is 127 Å². The molecule has 0 amide bonds. The van der Waals surface area contributed by atoms with Crippen molar-refractivity contribution >= 4 is 44.9 Å². The Bertz CT molecular complexity index is 2670. The van der Waals surface area contributed by atoms with Crippen LogP contribution in [0.1, 0.15) is 25.0 Å². The third kappa shape index (κ3) is 3.60.